The lowest BCUT2D eigenvalue weighted by atomic mass is 10.0. The molecule has 1 aliphatic carbocycles. The van der Waals surface area contributed by atoms with Crippen LogP contribution in [0.1, 0.15) is 49.6 Å². The van der Waals surface area contributed by atoms with Crippen LogP contribution in [0.3, 0.4) is 0 Å². The van der Waals surface area contributed by atoms with Crippen molar-refractivity contribution in [1.29, 1.82) is 0 Å². The van der Waals surface area contributed by atoms with Crippen molar-refractivity contribution >= 4 is 16.6 Å². The molecule has 122 valence electrons. The molecule has 2 nitrogen and oxygen atoms in total. The Balaban J connectivity index is 1.64. The normalized spacial score (nSPS) is 14.3. The summed E-state index contributed by atoms with van der Waals surface area (Å²) in [5, 5.41) is 0. The van der Waals surface area contributed by atoms with Crippen LogP contribution in [-0.2, 0) is 13.0 Å². The van der Waals surface area contributed by atoms with Gasteiger partial charge in [0, 0.05) is 13.0 Å². The molecule has 2 aromatic carbocycles. The first-order chi connectivity index (χ1) is 11.8. The van der Waals surface area contributed by atoms with Gasteiger partial charge in [-0.05, 0) is 54.5 Å². The van der Waals surface area contributed by atoms with Crippen molar-refractivity contribution in [3.63, 3.8) is 0 Å². The highest BCUT2D eigenvalue weighted by Gasteiger charge is 2.11. The SMILES string of the molecule is CCCc1nc2ccccc2n1Cc1ccc(C2=CCCC2)cc1. The average molecular weight is 316 g/mol. The molecule has 0 N–H and O–H groups in total. The molecule has 0 radical (unpaired) electrons. The molecule has 0 unspecified atom stereocenters. The Morgan fingerprint density at radius 2 is 1.88 bits per heavy atom. The van der Waals surface area contributed by atoms with Crippen LogP contribution < -0.4 is 0 Å². The Bertz CT molecular complexity index is 869. The molecule has 0 saturated carbocycles. The summed E-state index contributed by atoms with van der Waals surface area (Å²) in [6.45, 7) is 3.11. The van der Waals surface area contributed by atoms with Crippen LogP contribution in [0, 0.1) is 0 Å². The molecular formula is C22H24N2. The molecule has 0 spiro atoms. The van der Waals surface area contributed by atoms with Crippen molar-refractivity contribution in [1.82, 2.24) is 9.55 Å². The number of nitrogens with zero attached hydrogens (tertiary/aromatic N) is 2. The lowest BCUT2D eigenvalue weighted by Crippen LogP contribution is -2.05. The Kier molecular flexibility index (Phi) is 4.20. The fraction of sp³-hybridized carbons (Fsp3) is 0.318. The van der Waals surface area contributed by atoms with Gasteiger partial charge in [0.15, 0.2) is 0 Å². The van der Waals surface area contributed by atoms with Crippen molar-refractivity contribution in [2.45, 2.75) is 45.6 Å². The van der Waals surface area contributed by atoms with E-state index in [1.165, 1.54) is 47.3 Å². The van der Waals surface area contributed by atoms with Crippen molar-refractivity contribution in [3.05, 3.63) is 71.6 Å². The van der Waals surface area contributed by atoms with Crippen molar-refractivity contribution in [2.24, 2.45) is 0 Å². The largest absolute Gasteiger partial charge is 0.323 e. The summed E-state index contributed by atoms with van der Waals surface area (Å²) in [6, 6.07) is 17.6. The van der Waals surface area contributed by atoms with Gasteiger partial charge in [-0.3, -0.25) is 0 Å². The second kappa shape index (κ2) is 6.64. The first kappa shape index (κ1) is 15.2. The lowest BCUT2D eigenvalue weighted by molar-refractivity contribution is 0.722. The van der Waals surface area contributed by atoms with Gasteiger partial charge in [0.2, 0.25) is 0 Å². The predicted molar refractivity (Wildman–Crippen MR) is 101 cm³/mol. The van der Waals surface area contributed by atoms with Crippen LogP contribution in [0.25, 0.3) is 16.6 Å². The van der Waals surface area contributed by atoms with Gasteiger partial charge in [-0.25, -0.2) is 4.98 Å². The maximum atomic E-state index is 4.83. The number of imidazole rings is 1. The third kappa shape index (κ3) is 2.89. The lowest BCUT2D eigenvalue weighted by Gasteiger charge is -2.10. The molecule has 1 aliphatic rings. The summed E-state index contributed by atoms with van der Waals surface area (Å²) in [6.07, 6.45) is 8.30. The van der Waals surface area contributed by atoms with Gasteiger partial charge >= 0.3 is 0 Å². The molecule has 1 aromatic heterocycles. The number of allylic oxidation sites excluding steroid dienone is 2. The van der Waals surface area contributed by atoms with Gasteiger partial charge < -0.3 is 4.57 Å². The molecule has 0 fully saturated rings. The summed E-state index contributed by atoms with van der Waals surface area (Å²) in [7, 11) is 0. The van der Waals surface area contributed by atoms with Crippen molar-refractivity contribution in [3.8, 4) is 0 Å². The summed E-state index contributed by atoms with van der Waals surface area (Å²) in [5.74, 6) is 1.20. The first-order valence-corrected chi connectivity index (χ1v) is 9.07. The second-order valence-corrected chi connectivity index (χ2v) is 6.67. The second-order valence-electron chi connectivity index (χ2n) is 6.67. The summed E-state index contributed by atoms with van der Waals surface area (Å²) in [5.41, 5.74) is 6.59. The molecular weight excluding hydrogens is 292 g/mol. The van der Waals surface area contributed by atoms with Crippen LogP contribution in [0.15, 0.2) is 54.6 Å². The highest BCUT2D eigenvalue weighted by molar-refractivity contribution is 5.76. The highest BCUT2D eigenvalue weighted by atomic mass is 15.1. The zero-order valence-electron chi connectivity index (χ0n) is 14.3. The molecule has 24 heavy (non-hydrogen) atoms. The molecule has 3 aromatic rings. The van der Waals surface area contributed by atoms with Crippen LogP contribution in [0.2, 0.25) is 0 Å². The standard InChI is InChI=1S/C22H24N2/c1-2-7-22-23-20-10-5-6-11-21(20)24(22)16-17-12-14-19(15-13-17)18-8-3-4-9-18/h5-6,8,10-15H,2-4,7,9,16H2,1H3. The van der Waals surface area contributed by atoms with E-state index < -0.39 is 0 Å². The maximum Gasteiger partial charge on any atom is 0.110 e. The number of rotatable bonds is 5. The number of para-hydroxylation sites is 2. The van der Waals surface area contributed by atoms with Crippen LogP contribution in [0.4, 0.5) is 0 Å². The zero-order chi connectivity index (χ0) is 16.4. The Labute approximate surface area is 143 Å². The number of aromatic nitrogens is 2. The Morgan fingerprint density at radius 1 is 1.04 bits per heavy atom. The smallest absolute Gasteiger partial charge is 0.110 e. The molecule has 0 amide bonds. The van der Waals surface area contributed by atoms with E-state index in [1.54, 1.807) is 0 Å². The van der Waals surface area contributed by atoms with Gasteiger partial charge in [-0.1, -0.05) is 49.4 Å². The molecule has 4 rings (SSSR count). The number of hydrogen-bond donors (Lipinski definition) is 0. The topological polar surface area (TPSA) is 17.8 Å². The van der Waals surface area contributed by atoms with E-state index in [2.05, 4.69) is 66.1 Å². The molecule has 0 atom stereocenters. The highest BCUT2D eigenvalue weighted by Crippen LogP contribution is 2.28. The van der Waals surface area contributed by atoms with Gasteiger partial charge in [0.05, 0.1) is 11.0 Å². The minimum absolute atomic E-state index is 0.898. The third-order valence-electron chi connectivity index (χ3n) is 4.91. The van der Waals surface area contributed by atoms with Gasteiger partial charge in [0.1, 0.15) is 5.82 Å². The number of fused-ring (bicyclic) bond motifs is 1. The van der Waals surface area contributed by atoms with Crippen LogP contribution >= 0.6 is 0 Å². The van der Waals surface area contributed by atoms with Crippen LogP contribution in [0.5, 0.6) is 0 Å². The van der Waals surface area contributed by atoms with E-state index in [9.17, 15) is 0 Å². The number of aryl methyl sites for hydroxylation is 1. The summed E-state index contributed by atoms with van der Waals surface area (Å²) >= 11 is 0. The number of benzene rings is 2. The van der Waals surface area contributed by atoms with E-state index >= 15 is 0 Å². The monoisotopic (exact) mass is 316 g/mol. The van der Waals surface area contributed by atoms with Crippen molar-refractivity contribution < 1.29 is 0 Å². The Morgan fingerprint density at radius 3 is 2.62 bits per heavy atom. The van der Waals surface area contributed by atoms with E-state index in [1.807, 2.05) is 0 Å². The summed E-state index contributed by atoms with van der Waals surface area (Å²) < 4.78 is 2.38. The third-order valence-corrected chi connectivity index (χ3v) is 4.91. The average Bonchev–Trinajstić information content (AvgIpc) is 3.25. The van der Waals surface area contributed by atoms with Gasteiger partial charge in [0.25, 0.3) is 0 Å². The quantitative estimate of drug-likeness (QED) is 0.598. The van der Waals surface area contributed by atoms with Gasteiger partial charge in [-0.2, -0.15) is 0 Å². The predicted octanol–water partition coefficient (Wildman–Crippen LogP) is 5.60. The molecule has 1 heterocycles. The molecule has 0 bridgehead atoms. The first-order valence-electron chi connectivity index (χ1n) is 9.07. The fourth-order valence-electron chi connectivity index (χ4n) is 3.66. The Hall–Kier alpha value is -2.35. The summed E-state index contributed by atoms with van der Waals surface area (Å²) in [4.78, 5) is 4.83. The van der Waals surface area contributed by atoms with E-state index in [4.69, 9.17) is 4.98 Å². The fourth-order valence-corrected chi connectivity index (χ4v) is 3.66. The maximum absolute atomic E-state index is 4.83. The van der Waals surface area contributed by atoms with E-state index in [-0.39, 0.29) is 0 Å². The molecule has 0 saturated heterocycles. The zero-order valence-corrected chi connectivity index (χ0v) is 14.3. The van der Waals surface area contributed by atoms with Gasteiger partial charge in [-0.15, -0.1) is 0 Å². The van der Waals surface area contributed by atoms with Crippen LogP contribution in [-0.4, -0.2) is 9.55 Å². The molecule has 0 aliphatic heterocycles. The van der Waals surface area contributed by atoms with Crippen molar-refractivity contribution in [2.75, 3.05) is 0 Å². The molecule has 2 heteroatoms. The minimum atomic E-state index is 0.898. The number of hydrogen-bond acceptors (Lipinski definition) is 1. The van der Waals surface area contributed by atoms with E-state index in [0.29, 0.717) is 0 Å². The van der Waals surface area contributed by atoms with E-state index in [0.717, 1.165) is 24.9 Å². The minimum Gasteiger partial charge on any atom is -0.323 e.